The van der Waals surface area contributed by atoms with Gasteiger partial charge in [-0.15, -0.1) is 0 Å². The Morgan fingerprint density at radius 3 is 2.65 bits per heavy atom. The van der Waals surface area contributed by atoms with E-state index >= 15 is 0 Å². The number of nitrogen functional groups attached to an aromatic ring is 1. The Morgan fingerprint density at radius 2 is 2.24 bits per heavy atom. The SMILES string of the molecule is Cn1cnc(N)c1S(=O)(=O)NCC1CC1(C)C. The molecule has 0 aliphatic heterocycles. The first-order chi connectivity index (χ1) is 7.74. The Labute approximate surface area is 101 Å². The maximum atomic E-state index is 12.0. The van der Waals surface area contributed by atoms with Gasteiger partial charge >= 0.3 is 0 Å². The molecule has 1 atom stereocenters. The molecule has 0 aromatic carbocycles. The minimum absolute atomic E-state index is 0.0371. The smallest absolute Gasteiger partial charge is 0.260 e. The molecule has 0 amide bonds. The summed E-state index contributed by atoms with van der Waals surface area (Å²) < 4.78 is 28.1. The third-order valence-electron chi connectivity index (χ3n) is 3.40. The third kappa shape index (κ3) is 2.30. The van der Waals surface area contributed by atoms with Crippen molar-refractivity contribution >= 4 is 15.8 Å². The topological polar surface area (TPSA) is 90.0 Å². The van der Waals surface area contributed by atoms with Crippen LogP contribution in [0.2, 0.25) is 0 Å². The van der Waals surface area contributed by atoms with Crippen LogP contribution in [0, 0.1) is 11.3 Å². The molecule has 0 spiro atoms. The van der Waals surface area contributed by atoms with Gasteiger partial charge in [-0.05, 0) is 17.8 Å². The van der Waals surface area contributed by atoms with Crippen LogP contribution >= 0.6 is 0 Å². The molecule has 17 heavy (non-hydrogen) atoms. The molecule has 1 aromatic rings. The van der Waals surface area contributed by atoms with Crippen LogP contribution in [0.1, 0.15) is 20.3 Å². The van der Waals surface area contributed by atoms with E-state index in [9.17, 15) is 8.42 Å². The lowest BCUT2D eigenvalue weighted by Gasteiger charge is -2.08. The van der Waals surface area contributed by atoms with Gasteiger partial charge in [0.15, 0.2) is 10.8 Å². The Morgan fingerprint density at radius 1 is 1.65 bits per heavy atom. The Balaban J connectivity index is 2.10. The number of nitrogens with two attached hydrogens (primary N) is 1. The van der Waals surface area contributed by atoms with Crippen molar-refractivity contribution in [3.63, 3.8) is 0 Å². The van der Waals surface area contributed by atoms with Crippen LogP contribution in [0.15, 0.2) is 11.4 Å². The van der Waals surface area contributed by atoms with Crippen molar-refractivity contribution in [2.75, 3.05) is 12.3 Å². The number of nitrogens with one attached hydrogen (secondary N) is 1. The standard InChI is InChI=1S/C10H18N4O2S/c1-10(2)4-7(10)5-13-17(15,16)9-8(11)12-6-14(9)3/h6-7,13H,4-5,11H2,1-3H3. The quantitative estimate of drug-likeness (QED) is 0.814. The Hall–Kier alpha value is -1.08. The molecule has 0 bridgehead atoms. The van der Waals surface area contributed by atoms with Gasteiger partial charge in [-0.3, -0.25) is 0 Å². The second-order valence-corrected chi connectivity index (χ2v) is 6.97. The number of nitrogens with zero attached hydrogens (tertiary/aromatic N) is 2. The van der Waals surface area contributed by atoms with Gasteiger partial charge in [0.2, 0.25) is 0 Å². The van der Waals surface area contributed by atoms with E-state index in [2.05, 4.69) is 23.6 Å². The predicted octanol–water partition coefficient (Wildman–Crippen LogP) is 0.327. The summed E-state index contributed by atoms with van der Waals surface area (Å²) in [5.74, 6) is 0.446. The zero-order chi connectivity index (χ0) is 12.8. The summed E-state index contributed by atoms with van der Waals surface area (Å²) in [5, 5.41) is 0.0379. The van der Waals surface area contributed by atoms with Crippen molar-refractivity contribution in [1.82, 2.24) is 14.3 Å². The first kappa shape index (κ1) is 12.4. The summed E-state index contributed by atoms with van der Waals surface area (Å²) >= 11 is 0. The van der Waals surface area contributed by atoms with E-state index in [1.807, 2.05) is 0 Å². The van der Waals surface area contributed by atoms with Crippen molar-refractivity contribution in [3.05, 3.63) is 6.33 Å². The number of hydrogen-bond acceptors (Lipinski definition) is 4. The summed E-state index contributed by atoms with van der Waals surface area (Å²) in [5.41, 5.74) is 5.80. The molecule has 7 heteroatoms. The molecule has 1 aliphatic carbocycles. The number of hydrogen-bond donors (Lipinski definition) is 2. The van der Waals surface area contributed by atoms with Crippen LogP contribution < -0.4 is 10.5 Å². The summed E-state index contributed by atoms with van der Waals surface area (Å²) in [6.07, 6.45) is 2.45. The van der Waals surface area contributed by atoms with Crippen LogP contribution in [0.3, 0.4) is 0 Å². The van der Waals surface area contributed by atoms with Gasteiger partial charge in [0.1, 0.15) is 0 Å². The fraction of sp³-hybridized carbons (Fsp3) is 0.700. The zero-order valence-electron chi connectivity index (χ0n) is 10.3. The summed E-state index contributed by atoms with van der Waals surface area (Å²) in [7, 11) is -1.95. The Kier molecular flexibility index (Phi) is 2.70. The van der Waals surface area contributed by atoms with Crippen molar-refractivity contribution in [1.29, 1.82) is 0 Å². The molecule has 1 aliphatic rings. The number of rotatable bonds is 4. The first-order valence-corrected chi connectivity index (χ1v) is 6.99. The third-order valence-corrected chi connectivity index (χ3v) is 4.95. The molecular formula is C10H18N4O2S. The zero-order valence-corrected chi connectivity index (χ0v) is 11.1. The molecule has 96 valence electrons. The van der Waals surface area contributed by atoms with Crippen molar-refractivity contribution in [2.45, 2.75) is 25.3 Å². The van der Waals surface area contributed by atoms with E-state index in [-0.39, 0.29) is 16.3 Å². The van der Waals surface area contributed by atoms with Gasteiger partial charge in [-0.1, -0.05) is 13.8 Å². The molecule has 6 nitrogen and oxygen atoms in total. The molecule has 1 aromatic heterocycles. The van der Waals surface area contributed by atoms with Gasteiger partial charge in [-0.25, -0.2) is 18.1 Å². The van der Waals surface area contributed by atoms with Crippen LogP contribution in [0.25, 0.3) is 0 Å². The predicted molar refractivity (Wildman–Crippen MR) is 64.7 cm³/mol. The molecule has 0 saturated heterocycles. The molecule has 1 unspecified atom stereocenters. The van der Waals surface area contributed by atoms with Crippen LogP contribution in [0.5, 0.6) is 0 Å². The minimum atomic E-state index is -3.56. The largest absolute Gasteiger partial charge is 0.381 e. The lowest BCUT2D eigenvalue weighted by Crippen LogP contribution is -2.29. The second kappa shape index (κ2) is 3.71. The van der Waals surface area contributed by atoms with E-state index < -0.39 is 10.0 Å². The van der Waals surface area contributed by atoms with E-state index in [4.69, 9.17) is 5.73 Å². The van der Waals surface area contributed by atoms with Gasteiger partial charge < -0.3 is 10.3 Å². The van der Waals surface area contributed by atoms with Crippen molar-refractivity contribution < 1.29 is 8.42 Å². The van der Waals surface area contributed by atoms with E-state index in [0.29, 0.717) is 12.5 Å². The molecule has 0 radical (unpaired) electrons. The Bertz CT molecular complexity index is 513. The normalized spacial score (nSPS) is 22.6. The number of imidazole rings is 1. The highest BCUT2D eigenvalue weighted by Crippen LogP contribution is 2.51. The van der Waals surface area contributed by atoms with Gasteiger partial charge in [-0.2, -0.15) is 0 Å². The van der Waals surface area contributed by atoms with E-state index in [0.717, 1.165) is 6.42 Å². The summed E-state index contributed by atoms with van der Waals surface area (Å²) in [6, 6.07) is 0. The maximum Gasteiger partial charge on any atom is 0.260 e. The maximum absolute atomic E-state index is 12.0. The molecule has 3 N–H and O–H groups in total. The molecule has 1 saturated carbocycles. The molecule has 1 fully saturated rings. The fourth-order valence-corrected chi connectivity index (χ4v) is 3.28. The average molecular weight is 258 g/mol. The minimum Gasteiger partial charge on any atom is -0.381 e. The van der Waals surface area contributed by atoms with Crippen molar-refractivity contribution in [3.8, 4) is 0 Å². The van der Waals surface area contributed by atoms with Gasteiger partial charge in [0, 0.05) is 13.6 Å². The highest BCUT2D eigenvalue weighted by atomic mass is 32.2. The van der Waals surface area contributed by atoms with Gasteiger partial charge in [0.05, 0.1) is 6.33 Å². The first-order valence-electron chi connectivity index (χ1n) is 5.50. The average Bonchev–Trinajstić information content (AvgIpc) is 2.65. The van der Waals surface area contributed by atoms with E-state index in [1.54, 1.807) is 7.05 Å². The molecule has 1 heterocycles. The van der Waals surface area contributed by atoms with Crippen molar-refractivity contribution in [2.24, 2.45) is 18.4 Å². The summed E-state index contributed by atoms with van der Waals surface area (Å²) in [6.45, 7) is 4.72. The highest BCUT2D eigenvalue weighted by molar-refractivity contribution is 7.89. The lowest BCUT2D eigenvalue weighted by molar-refractivity contribution is 0.534. The molecular weight excluding hydrogens is 240 g/mol. The van der Waals surface area contributed by atoms with E-state index in [1.165, 1.54) is 10.9 Å². The van der Waals surface area contributed by atoms with Crippen LogP contribution in [-0.2, 0) is 17.1 Å². The second-order valence-electron chi connectivity index (χ2n) is 5.29. The summed E-state index contributed by atoms with van der Waals surface area (Å²) in [4.78, 5) is 3.78. The monoisotopic (exact) mass is 258 g/mol. The number of anilines is 1. The number of sulfonamides is 1. The molecule has 2 rings (SSSR count). The lowest BCUT2D eigenvalue weighted by atomic mass is 10.1. The van der Waals surface area contributed by atoms with Gasteiger partial charge in [0.25, 0.3) is 10.0 Å². The number of aromatic nitrogens is 2. The van der Waals surface area contributed by atoms with Crippen LogP contribution in [0.4, 0.5) is 5.82 Å². The highest BCUT2D eigenvalue weighted by Gasteiger charge is 2.45. The van der Waals surface area contributed by atoms with Crippen LogP contribution in [-0.4, -0.2) is 24.5 Å². The fourth-order valence-electron chi connectivity index (χ4n) is 1.97. The number of aryl methyl sites for hydroxylation is 1.